The Kier molecular flexibility index (Phi) is 4.66. The third kappa shape index (κ3) is 4.42. The van der Waals surface area contributed by atoms with Crippen molar-refractivity contribution in [3.63, 3.8) is 0 Å². The number of rotatable bonds is 5. The molecule has 0 saturated heterocycles. The van der Waals surface area contributed by atoms with Crippen molar-refractivity contribution in [1.82, 2.24) is 0 Å². The van der Waals surface area contributed by atoms with Gasteiger partial charge in [-0.15, -0.1) is 0 Å². The number of amides is 1. The Morgan fingerprint density at radius 2 is 1.86 bits per heavy atom. The van der Waals surface area contributed by atoms with Crippen molar-refractivity contribution in [2.75, 3.05) is 0 Å². The molecule has 0 aliphatic heterocycles. The SMILES string of the molecule is NC(=O)CCCCc1ccc(Br)cc1. The van der Waals surface area contributed by atoms with Crippen molar-refractivity contribution in [2.24, 2.45) is 5.73 Å². The molecule has 0 bridgehead atoms. The van der Waals surface area contributed by atoms with Crippen molar-refractivity contribution < 1.29 is 4.79 Å². The molecule has 0 fully saturated rings. The second kappa shape index (κ2) is 5.81. The summed E-state index contributed by atoms with van der Waals surface area (Å²) in [6, 6.07) is 8.25. The molecule has 1 rings (SSSR count). The molecule has 1 aromatic rings. The Hall–Kier alpha value is -0.830. The highest BCUT2D eigenvalue weighted by Gasteiger charge is 1.96. The van der Waals surface area contributed by atoms with Crippen LogP contribution in [-0.4, -0.2) is 5.91 Å². The molecule has 0 aromatic heterocycles. The lowest BCUT2D eigenvalue weighted by molar-refractivity contribution is -0.118. The number of nitrogens with two attached hydrogens (primary N) is 1. The fourth-order valence-corrected chi connectivity index (χ4v) is 1.54. The van der Waals surface area contributed by atoms with E-state index in [1.165, 1.54) is 5.56 Å². The summed E-state index contributed by atoms with van der Waals surface area (Å²) in [5.74, 6) is -0.208. The summed E-state index contributed by atoms with van der Waals surface area (Å²) >= 11 is 3.39. The van der Waals surface area contributed by atoms with E-state index in [0.29, 0.717) is 6.42 Å². The molecule has 0 aliphatic carbocycles. The first-order valence-corrected chi connectivity index (χ1v) is 5.50. The summed E-state index contributed by atoms with van der Waals surface area (Å²) in [5.41, 5.74) is 6.35. The van der Waals surface area contributed by atoms with E-state index in [9.17, 15) is 4.79 Å². The Labute approximate surface area is 92.6 Å². The second-order valence-electron chi connectivity index (χ2n) is 3.30. The zero-order valence-electron chi connectivity index (χ0n) is 8.00. The van der Waals surface area contributed by atoms with Crippen LogP contribution in [0.3, 0.4) is 0 Å². The van der Waals surface area contributed by atoms with E-state index in [-0.39, 0.29) is 5.91 Å². The first-order valence-electron chi connectivity index (χ1n) is 4.71. The molecule has 1 amide bonds. The van der Waals surface area contributed by atoms with Gasteiger partial charge in [0.25, 0.3) is 0 Å². The smallest absolute Gasteiger partial charge is 0.217 e. The van der Waals surface area contributed by atoms with Crippen molar-refractivity contribution in [2.45, 2.75) is 25.7 Å². The largest absolute Gasteiger partial charge is 0.370 e. The summed E-state index contributed by atoms with van der Waals surface area (Å²) in [5, 5.41) is 0. The molecular formula is C11H14BrNO. The molecule has 0 atom stereocenters. The van der Waals surface area contributed by atoms with Crippen LogP contribution in [0.15, 0.2) is 28.7 Å². The lowest BCUT2D eigenvalue weighted by atomic mass is 10.1. The monoisotopic (exact) mass is 255 g/mol. The highest BCUT2D eigenvalue weighted by atomic mass is 79.9. The van der Waals surface area contributed by atoms with Gasteiger partial charge in [-0.05, 0) is 37.0 Å². The Balaban J connectivity index is 2.25. The van der Waals surface area contributed by atoms with Crippen molar-refractivity contribution in [3.05, 3.63) is 34.3 Å². The van der Waals surface area contributed by atoms with Gasteiger partial charge in [0.15, 0.2) is 0 Å². The first-order chi connectivity index (χ1) is 6.68. The fourth-order valence-electron chi connectivity index (χ4n) is 1.28. The predicted molar refractivity (Wildman–Crippen MR) is 60.9 cm³/mol. The zero-order chi connectivity index (χ0) is 10.4. The average molecular weight is 256 g/mol. The molecule has 0 unspecified atom stereocenters. The van der Waals surface area contributed by atoms with Crippen LogP contribution in [0, 0.1) is 0 Å². The van der Waals surface area contributed by atoms with Crippen LogP contribution in [0.25, 0.3) is 0 Å². The van der Waals surface area contributed by atoms with Gasteiger partial charge < -0.3 is 5.73 Å². The minimum absolute atomic E-state index is 0.208. The zero-order valence-corrected chi connectivity index (χ0v) is 9.59. The van der Waals surface area contributed by atoms with E-state index in [1.54, 1.807) is 0 Å². The van der Waals surface area contributed by atoms with Crippen LogP contribution in [-0.2, 0) is 11.2 Å². The molecular weight excluding hydrogens is 242 g/mol. The lowest BCUT2D eigenvalue weighted by Gasteiger charge is -2.00. The van der Waals surface area contributed by atoms with E-state index in [2.05, 4.69) is 28.1 Å². The van der Waals surface area contributed by atoms with Gasteiger partial charge in [0.1, 0.15) is 0 Å². The summed E-state index contributed by atoms with van der Waals surface area (Å²) in [6.45, 7) is 0. The number of carbonyl (C=O) groups excluding carboxylic acids is 1. The predicted octanol–water partition coefficient (Wildman–Crippen LogP) is 2.65. The topological polar surface area (TPSA) is 43.1 Å². The van der Waals surface area contributed by atoms with Crippen LogP contribution < -0.4 is 5.73 Å². The van der Waals surface area contributed by atoms with E-state index < -0.39 is 0 Å². The molecule has 0 heterocycles. The Morgan fingerprint density at radius 3 is 2.43 bits per heavy atom. The van der Waals surface area contributed by atoms with Crippen molar-refractivity contribution in [1.29, 1.82) is 0 Å². The molecule has 0 spiro atoms. The van der Waals surface area contributed by atoms with Crippen LogP contribution in [0.1, 0.15) is 24.8 Å². The number of carbonyl (C=O) groups is 1. The summed E-state index contributed by atoms with van der Waals surface area (Å²) in [6.07, 6.45) is 3.41. The summed E-state index contributed by atoms with van der Waals surface area (Å²) in [7, 11) is 0. The Morgan fingerprint density at radius 1 is 1.21 bits per heavy atom. The molecule has 0 radical (unpaired) electrons. The lowest BCUT2D eigenvalue weighted by Crippen LogP contribution is -2.09. The third-order valence-corrected chi connectivity index (χ3v) is 2.58. The number of hydrogen-bond donors (Lipinski definition) is 1. The van der Waals surface area contributed by atoms with Gasteiger partial charge in [0.2, 0.25) is 5.91 Å². The minimum atomic E-state index is -0.208. The van der Waals surface area contributed by atoms with E-state index in [1.807, 2.05) is 12.1 Å². The van der Waals surface area contributed by atoms with Crippen LogP contribution in [0.5, 0.6) is 0 Å². The molecule has 0 aliphatic rings. The van der Waals surface area contributed by atoms with Crippen molar-refractivity contribution in [3.8, 4) is 0 Å². The number of unbranched alkanes of at least 4 members (excludes halogenated alkanes) is 1. The van der Waals surface area contributed by atoms with Gasteiger partial charge in [0, 0.05) is 10.9 Å². The third-order valence-electron chi connectivity index (χ3n) is 2.05. The van der Waals surface area contributed by atoms with E-state index in [0.717, 1.165) is 23.7 Å². The minimum Gasteiger partial charge on any atom is -0.370 e. The molecule has 2 N–H and O–H groups in total. The first kappa shape index (κ1) is 11.2. The quantitative estimate of drug-likeness (QED) is 0.808. The van der Waals surface area contributed by atoms with Gasteiger partial charge in [-0.1, -0.05) is 28.1 Å². The number of hydrogen-bond acceptors (Lipinski definition) is 1. The molecule has 3 heteroatoms. The highest BCUT2D eigenvalue weighted by Crippen LogP contribution is 2.12. The van der Waals surface area contributed by atoms with Crippen LogP contribution >= 0.6 is 15.9 Å². The summed E-state index contributed by atoms with van der Waals surface area (Å²) < 4.78 is 1.10. The van der Waals surface area contributed by atoms with Gasteiger partial charge in [-0.2, -0.15) is 0 Å². The fraction of sp³-hybridized carbons (Fsp3) is 0.364. The molecule has 76 valence electrons. The maximum Gasteiger partial charge on any atom is 0.217 e. The second-order valence-corrected chi connectivity index (χ2v) is 4.22. The molecule has 2 nitrogen and oxygen atoms in total. The number of aryl methyl sites for hydroxylation is 1. The van der Waals surface area contributed by atoms with Gasteiger partial charge in [-0.3, -0.25) is 4.79 Å². The normalized spacial score (nSPS) is 10.1. The van der Waals surface area contributed by atoms with Gasteiger partial charge in [-0.25, -0.2) is 0 Å². The molecule has 1 aromatic carbocycles. The van der Waals surface area contributed by atoms with E-state index >= 15 is 0 Å². The van der Waals surface area contributed by atoms with Crippen LogP contribution in [0.4, 0.5) is 0 Å². The highest BCUT2D eigenvalue weighted by molar-refractivity contribution is 9.10. The molecule has 0 saturated carbocycles. The van der Waals surface area contributed by atoms with E-state index in [4.69, 9.17) is 5.73 Å². The van der Waals surface area contributed by atoms with Crippen LogP contribution in [0.2, 0.25) is 0 Å². The standard InChI is InChI=1S/C11H14BrNO/c12-10-7-5-9(6-8-10)3-1-2-4-11(13)14/h5-8H,1-4H2,(H2,13,14). The maximum atomic E-state index is 10.5. The number of primary amides is 1. The maximum absolute atomic E-state index is 10.5. The van der Waals surface area contributed by atoms with Crippen molar-refractivity contribution >= 4 is 21.8 Å². The average Bonchev–Trinajstić information content (AvgIpc) is 2.15. The Bertz CT molecular complexity index is 295. The molecule has 14 heavy (non-hydrogen) atoms. The number of benzene rings is 1. The van der Waals surface area contributed by atoms with Gasteiger partial charge >= 0.3 is 0 Å². The number of halogens is 1. The summed E-state index contributed by atoms with van der Waals surface area (Å²) in [4.78, 5) is 10.5. The van der Waals surface area contributed by atoms with Gasteiger partial charge in [0.05, 0.1) is 0 Å².